The Hall–Kier alpha value is -1.90. The van der Waals surface area contributed by atoms with Crippen molar-refractivity contribution in [3.05, 3.63) is 41.5 Å². The number of allylic oxidation sites excluding steroid dienone is 2. The highest BCUT2D eigenvalue weighted by molar-refractivity contribution is 6.23. The molecule has 0 radical (unpaired) electrons. The number of carbonyl (C=O) groups is 2. The Kier molecular flexibility index (Phi) is 2.23. The molecular weight excluding hydrogens is 274 g/mol. The van der Waals surface area contributed by atoms with Gasteiger partial charge in [-0.1, -0.05) is 29.8 Å². The third-order valence-electron chi connectivity index (χ3n) is 6.26. The average Bonchev–Trinajstić information content (AvgIpc) is 3.26. The molecule has 1 aliphatic heterocycles. The summed E-state index contributed by atoms with van der Waals surface area (Å²) >= 11 is 0. The number of amides is 2. The van der Waals surface area contributed by atoms with Gasteiger partial charge in [0.15, 0.2) is 0 Å². The Labute approximate surface area is 130 Å². The molecule has 1 aromatic rings. The SMILES string of the molecule is Cc1ccc(N2C(=O)[C@@H]3[C@H]4C=C[C@@H]([C@@H]5C[C@@H]45)[C@H]3C2=O)c(C)c1. The van der Waals surface area contributed by atoms with Crippen molar-refractivity contribution in [3.63, 3.8) is 0 Å². The summed E-state index contributed by atoms with van der Waals surface area (Å²) in [6.45, 7) is 4.01. The number of aryl methyl sites for hydroxylation is 2. The van der Waals surface area contributed by atoms with E-state index in [1.165, 1.54) is 11.3 Å². The first-order chi connectivity index (χ1) is 10.6. The number of rotatable bonds is 1. The van der Waals surface area contributed by atoms with Gasteiger partial charge in [0.2, 0.25) is 11.8 Å². The topological polar surface area (TPSA) is 37.4 Å². The van der Waals surface area contributed by atoms with Crippen molar-refractivity contribution < 1.29 is 9.59 Å². The van der Waals surface area contributed by atoms with E-state index in [0.29, 0.717) is 23.7 Å². The van der Waals surface area contributed by atoms with Crippen molar-refractivity contribution in [2.75, 3.05) is 4.90 Å². The minimum atomic E-state index is -0.105. The van der Waals surface area contributed by atoms with Gasteiger partial charge in [-0.25, -0.2) is 4.90 Å². The van der Waals surface area contributed by atoms with Crippen LogP contribution in [-0.4, -0.2) is 11.8 Å². The number of anilines is 1. The van der Waals surface area contributed by atoms with Crippen LogP contribution in [0.5, 0.6) is 0 Å². The molecule has 6 rings (SSSR count). The van der Waals surface area contributed by atoms with Crippen molar-refractivity contribution in [1.82, 2.24) is 0 Å². The molecule has 6 atom stereocenters. The molecule has 4 aliphatic carbocycles. The van der Waals surface area contributed by atoms with E-state index >= 15 is 0 Å². The molecule has 3 heteroatoms. The van der Waals surface area contributed by atoms with Gasteiger partial charge in [0.05, 0.1) is 17.5 Å². The van der Waals surface area contributed by atoms with Crippen molar-refractivity contribution in [1.29, 1.82) is 0 Å². The van der Waals surface area contributed by atoms with Gasteiger partial charge in [-0.3, -0.25) is 9.59 Å². The van der Waals surface area contributed by atoms with Crippen LogP contribution in [0.1, 0.15) is 17.5 Å². The summed E-state index contributed by atoms with van der Waals surface area (Å²) < 4.78 is 0. The summed E-state index contributed by atoms with van der Waals surface area (Å²) in [6, 6.07) is 5.95. The van der Waals surface area contributed by atoms with E-state index in [4.69, 9.17) is 0 Å². The fourth-order valence-electron chi connectivity index (χ4n) is 5.25. The number of hydrogen-bond donors (Lipinski definition) is 0. The minimum absolute atomic E-state index is 0.0339. The Morgan fingerprint density at radius 3 is 2.09 bits per heavy atom. The summed E-state index contributed by atoms with van der Waals surface area (Å²) in [4.78, 5) is 27.5. The molecule has 1 aromatic carbocycles. The van der Waals surface area contributed by atoms with E-state index in [-0.39, 0.29) is 23.7 Å². The number of hydrogen-bond acceptors (Lipinski definition) is 2. The minimum Gasteiger partial charge on any atom is -0.274 e. The second-order valence-electron chi connectivity index (χ2n) is 7.46. The van der Waals surface area contributed by atoms with Gasteiger partial charge in [0.1, 0.15) is 0 Å². The highest BCUT2D eigenvalue weighted by Gasteiger charge is 2.67. The lowest BCUT2D eigenvalue weighted by molar-refractivity contribution is -0.124. The van der Waals surface area contributed by atoms with Crippen LogP contribution in [0.2, 0.25) is 0 Å². The summed E-state index contributed by atoms with van der Waals surface area (Å²) in [7, 11) is 0. The Balaban J connectivity index is 1.60. The molecule has 0 spiro atoms. The van der Waals surface area contributed by atoms with Gasteiger partial charge in [-0.05, 0) is 55.6 Å². The average molecular weight is 293 g/mol. The van der Waals surface area contributed by atoms with Crippen LogP contribution in [0.25, 0.3) is 0 Å². The standard InChI is InChI=1S/C19H19NO2/c1-9-3-6-15(10(2)7-9)20-18(21)16-11-4-5-12(14-8-13(11)14)17(16)19(20)22/h3-7,11-14,16-17H,8H2,1-2H3/t11-,12-,13-,14-,16+,17+/m0/s1. The molecule has 2 amide bonds. The summed E-state index contributed by atoms with van der Waals surface area (Å²) in [6.07, 6.45) is 5.65. The molecule has 5 aliphatic rings. The molecule has 112 valence electrons. The second-order valence-corrected chi connectivity index (χ2v) is 7.46. The predicted molar refractivity (Wildman–Crippen MR) is 83.1 cm³/mol. The van der Waals surface area contributed by atoms with E-state index in [0.717, 1.165) is 16.8 Å². The zero-order valence-electron chi connectivity index (χ0n) is 12.8. The number of imide groups is 1. The van der Waals surface area contributed by atoms with E-state index in [1.807, 2.05) is 32.0 Å². The van der Waals surface area contributed by atoms with Crippen LogP contribution in [0.3, 0.4) is 0 Å². The lowest BCUT2D eigenvalue weighted by atomic mass is 9.63. The molecule has 0 aromatic heterocycles. The molecule has 0 unspecified atom stereocenters. The third-order valence-corrected chi connectivity index (χ3v) is 6.26. The number of carbonyl (C=O) groups excluding carboxylic acids is 2. The molecule has 2 saturated carbocycles. The van der Waals surface area contributed by atoms with Crippen LogP contribution in [0, 0.1) is 49.4 Å². The van der Waals surface area contributed by atoms with Gasteiger partial charge in [-0.15, -0.1) is 0 Å². The smallest absolute Gasteiger partial charge is 0.238 e. The van der Waals surface area contributed by atoms with Gasteiger partial charge in [-0.2, -0.15) is 0 Å². The highest BCUT2D eigenvalue weighted by atomic mass is 16.2. The lowest BCUT2D eigenvalue weighted by Crippen LogP contribution is -2.40. The van der Waals surface area contributed by atoms with Crippen molar-refractivity contribution >= 4 is 17.5 Å². The Morgan fingerprint density at radius 2 is 1.55 bits per heavy atom. The van der Waals surface area contributed by atoms with Gasteiger partial charge in [0, 0.05) is 0 Å². The highest BCUT2D eigenvalue weighted by Crippen LogP contribution is 2.65. The fourth-order valence-corrected chi connectivity index (χ4v) is 5.25. The summed E-state index contributed by atoms with van der Waals surface area (Å²) in [5.41, 5.74) is 2.94. The maximum atomic E-state index is 13.0. The monoisotopic (exact) mass is 293 g/mol. The molecular formula is C19H19NO2. The Bertz CT molecular complexity index is 714. The molecule has 1 heterocycles. The fraction of sp³-hybridized carbons (Fsp3) is 0.474. The van der Waals surface area contributed by atoms with E-state index in [2.05, 4.69) is 12.2 Å². The molecule has 22 heavy (non-hydrogen) atoms. The van der Waals surface area contributed by atoms with Crippen LogP contribution in [-0.2, 0) is 9.59 Å². The molecule has 3 nitrogen and oxygen atoms in total. The molecule has 2 bridgehead atoms. The number of benzene rings is 1. The quantitative estimate of drug-likeness (QED) is 0.590. The van der Waals surface area contributed by atoms with E-state index in [1.54, 1.807) is 0 Å². The van der Waals surface area contributed by atoms with Crippen molar-refractivity contribution in [2.45, 2.75) is 20.3 Å². The van der Waals surface area contributed by atoms with Crippen LogP contribution in [0.4, 0.5) is 5.69 Å². The molecule has 0 N–H and O–H groups in total. The van der Waals surface area contributed by atoms with Crippen LogP contribution in [0.15, 0.2) is 30.4 Å². The number of nitrogens with zero attached hydrogens (tertiary/aromatic N) is 1. The van der Waals surface area contributed by atoms with E-state index in [9.17, 15) is 9.59 Å². The van der Waals surface area contributed by atoms with Gasteiger partial charge < -0.3 is 0 Å². The molecule has 3 fully saturated rings. The van der Waals surface area contributed by atoms with Crippen molar-refractivity contribution in [3.8, 4) is 0 Å². The first-order valence-corrected chi connectivity index (χ1v) is 8.21. The third kappa shape index (κ3) is 1.37. The van der Waals surface area contributed by atoms with Gasteiger partial charge in [0.25, 0.3) is 0 Å². The maximum Gasteiger partial charge on any atom is 0.238 e. The first kappa shape index (κ1) is 12.6. The zero-order chi connectivity index (χ0) is 15.2. The Morgan fingerprint density at radius 1 is 0.955 bits per heavy atom. The van der Waals surface area contributed by atoms with Crippen LogP contribution >= 0.6 is 0 Å². The lowest BCUT2D eigenvalue weighted by Gasteiger charge is -2.37. The maximum absolute atomic E-state index is 13.0. The van der Waals surface area contributed by atoms with Crippen molar-refractivity contribution in [2.24, 2.45) is 35.5 Å². The first-order valence-electron chi connectivity index (χ1n) is 8.21. The summed E-state index contributed by atoms with van der Waals surface area (Å²) in [5.74, 6) is 1.77. The van der Waals surface area contributed by atoms with Crippen LogP contribution < -0.4 is 4.90 Å². The largest absolute Gasteiger partial charge is 0.274 e. The van der Waals surface area contributed by atoms with E-state index < -0.39 is 0 Å². The predicted octanol–water partition coefficient (Wildman–Crippen LogP) is 2.86. The zero-order valence-corrected chi connectivity index (χ0v) is 12.8. The molecule has 1 saturated heterocycles. The second kappa shape index (κ2) is 3.89. The normalized spacial score (nSPS) is 40.9. The summed E-state index contributed by atoms with van der Waals surface area (Å²) in [5, 5.41) is 0. The van der Waals surface area contributed by atoms with Gasteiger partial charge >= 0.3 is 0 Å².